The average molecular weight is 291 g/mol. The number of hydrogen-bond acceptors (Lipinski definition) is 1. The van der Waals surface area contributed by atoms with Crippen molar-refractivity contribution in [1.29, 1.82) is 0 Å². The van der Waals surface area contributed by atoms with Crippen molar-refractivity contribution in [2.24, 2.45) is 0 Å². The molecule has 4 heteroatoms. The van der Waals surface area contributed by atoms with Crippen molar-refractivity contribution in [2.75, 3.05) is 14.1 Å². The van der Waals surface area contributed by atoms with Crippen LogP contribution in [0.4, 0.5) is 4.79 Å². The zero-order valence-electron chi connectivity index (χ0n) is 11.7. The number of carbonyl (C=O) groups excluding carboxylic acids is 1. The van der Waals surface area contributed by atoms with Crippen LogP contribution >= 0.6 is 12.4 Å². The Morgan fingerprint density at radius 3 is 2.05 bits per heavy atom. The predicted molar refractivity (Wildman–Crippen MR) is 85.0 cm³/mol. The number of nitrogens with zero attached hydrogens (tertiary/aromatic N) is 1. The van der Waals surface area contributed by atoms with Gasteiger partial charge in [-0.25, -0.2) is 4.79 Å². The summed E-state index contributed by atoms with van der Waals surface area (Å²) in [7, 11) is 3.46. The van der Waals surface area contributed by atoms with Crippen molar-refractivity contribution in [3.8, 4) is 11.1 Å². The van der Waals surface area contributed by atoms with Gasteiger partial charge in [0.1, 0.15) is 0 Å². The van der Waals surface area contributed by atoms with E-state index in [1.165, 1.54) is 16.0 Å². The minimum Gasteiger partial charge on any atom is -0.334 e. The number of amides is 2. The normalized spacial score (nSPS) is 9.50. The zero-order valence-corrected chi connectivity index (χ0v) is 12.5. The maximum atomic E-state index is 11.4. The van der Waals surface area contributed by atoms with Crippen LogP contribution in [0.15, 0.2) is 54.6 Å². The largest absolute Gasteiger partial charge is 0.334 e. The summed E-state index contributed by atoms with van der Waals surface area (Å²) in [5.41, 5.74) is 3.48. The fourth-order valence-electron chi connectivity index (χ4n) is 1.78. The van der Waals surface area contributed by atoms with Gasteiger partial charge >= 0.3 is 6.03 Å². The Bertz CT molecular complexity index is 538. The van der Waals surface area contributed by atoms with Crippen molar-refractivity contribution in [3.63, 3.8) is 0 Å². The second-order valence-electron chi connectivity index (χ2n) is 4.62. The fourth-order valence-corrected chi connectivity index (χ4v) is 1.78. The van der Waals surface area contributed by atoms with E-state index in [1.807, 2.05) is 30.3 Å². The Labute approximate surface area is 126 Å². The second kappa shape index (κ2) is 7.56. The molecule has 0 heterocycles. The molecule has 2 aromatic rings. The average Bonchev–Trinajstić information content (AvgIpc) is 2.46. The number of rotatable bonds is 3. The summed E-state index contributed by atoms with van der Waals surface area (Å²) in [6.45, 7) is 0.548. The lowest BCUT2D eigenvalue weighted by Gasteiger charge is -2.12. The fraction of sp³-hybridized carbons (Fsp3) is 0.188. The van der Waals surface area contributed by atoms with Gasteiger partial charge < -0.3 is 10.2 Å². The minimum absolute atomic E-state index is 0. The van der Waals surface area contributed by atoms with Crippen molar-refractivity contribution in [1.82, 2.24) is 10.2 Å². The first-order valence-corrected chi connectivity index (χ1v) is 6.26. The van der Waals surface area contributed by atoms with E-state index < -0.39 is 0 Å². The van der Waals surface area contributed by atoms with Crippen LogP contribution < -0.4 is 5.32 Å². The van der Waals surface area contributed by atoms with Crippen LogP contribution in [0.5, 0.6) is 0 Å². The predicted octanol–water partition coefficient (Wildman–Crippen LogP) is 3.55. The van der Waals surface area contributed by atoms with Gasteiger partial charge in [-0.3, -0.25) is 0 Å². The van der Waals surface area contributed by atoms with Gasteiger partial charge in [0, 0.05) is 20.6 Å². The maximum absolute atomic E-state index is 11.4. The van der Waals surface area contributed by atoms with E-state index in [9.17, 15) is 4.79 Å². The van der Waals surface area contributed by atoms with E-state index in [2.05, 4.69) is 29.6 Å². The van der Waals surface area contributed by atoms with Crippen molar-refractivity contribution < 1.29 is 4.79 Å². The van der Waals surface area contributed by atoms with Gasteiger partial charge in [0.05, 0.1) is 0 Å². The van der Waals surface area contributed by atoms with Gasteiger partial charge in [-0.2, -0.15) is 0 Å². The van der Waals surface area contributed by atoms with Gasteiger partial charge in [0.2, 0.25) is 0 Å². The van der Waals surface area contributed by atoms with Gasteiger partial charge in [-0.1, -0.05) is 54.6 Å². The van der Waals surface area contributed by atoms with Crippen molar-refractivity contribution >= 4 is 18.4 Å². The van der Waals surface area contributed by atoms with Crippen LogP contribution in [0.3, 0.4) is 0 Å². The lowest BCUT2D eigenvalue weighted by molar-refractivity contribution is 0.217. The highest BCUT2D eigenvalue weighted by Gasteiger charge is 2.02. The Balaban J connectivity index is 0.00000200. The van der Waals surface area contributed by atoms with Gasteiger partial charge in [-0.05, 0) is 16.7 Å². The number of benzene rings is 2. The summed E-state index contributed by atoms with van der Waals surface area (Å²) in [5, 5.41) is 2.84. The molecule has 0 spiro atoms. The van der Waals surface area contributed by atoms with E-state index in [1.54, 1.807) is 14.1 Å². The van der Waals surface area contributed by atoms with Crippen LogP contribution in [0.25, 0.3) is 11.1 Å². The number of halogens is 1. The number of urea groups is 1. The summed E-state index contributed by atoms with van der Waals surface area (Å²) in [6.07, 6.45) is 0. The minimum atomic E-state index is -0.0767. The highest BCUT2D eigenvalue weighted by Crippen LogP contribution is 2.19. The molecule has 2 amide bonds. The standard InChI is InChI=1S/C16H18N2O.ClH/c1-18(2)16(19)17-12-13-8-10-15(11-9-13)14-6-4-3-5-7-14;/h3-11H,12H2,1-2H3,(H,17,19);1H. The molecule has 20 heavy (non-hydrogen) atoms. The maximum Gasteiger partial charge on any atom is 0.317 e. The highest BCUT2D eigenvalue weighted by atomic mass is 35.5. The lowest BCUT2D eigenvalue weighted by Crippen LogP contribution is -2.33. The quantitative estimate of drug-likeness (QED) is 0.921. The van der Waals surface area contributed by atoms with Crippen molar-refractivity contribution in [3.05, 3.63) is 60.2 Å². The zero-order chi connectivity index (χ0) is 13.7. The first-order valence-electron chi connectivity index (χ1n) is 6.26. The van der Waals surface area contributed by atoms with Crippen LogP contribution in [0.2, 0.25) is 0 Å². The molecule has 0 bridgehead atoms. The van der Waals surface area contributed by atoms with E-state index in [-0.39, 0.29) is 18.4 Å². The molecule has 0 fully saturated rings. The van der Waals surface area contributed by atoms with Crippen molar-refractivity contribution in [2.45, 2.75) is 6.54 Å². The van der Waals surface area contributed by atoms with Gasteiger partial charge in [0.25, 0.3) is 0 Å². The third kappa shape index (κ3) is 4.28. The summed E-state index contributed by atoms with van der Waals surface area (Å²) >= 11 is 0. The molecule has 0 aliphatic carbocycles. The molecule has 0 saturated carbocycles. The molecule has 0 aliphatic rings. The first kappa shape index (κ1) is 16.1. The molecule has 0 radical (unpaired) electrons. The SMILES string of the molecule is CN(C)C(=O)NCc1ccc(-c2ccccc2)cc1.Cl. The van der Waals surface area contributed by atoms with E-state index in [4.69, 9.17) is 0 Å². The highest BCUT2D eigenvalue weighted by molar-refractivity contribution is 5.85. The van der Waals surface area contributed by atoms with Crippen LogP contribution in [-0.4, -0.2) is 25.0 Å². The molecule has 0 unspecified atom stereocenters. The third-order valence-corrected chi connectivity index (χ3v) is 2.91. The van der Waals surface area contributed by atoms with E-state index >= 15 is 0 Å². The number of carbonyl (C=O) groups is 1. The molecular weight excluding hydrogens is 272 g/mol. The Hall–Kier alpha value is -2.00. The molecule has 0 atom stereocenters. The molecule has 106 valence electrons. The second-order valence-corrected chi connectivity index (χ2v) is 4.62. The topological polar surface area (TPSA) is 32.3 Å². The molecule has 2 aromatic carbocycles. The van der Waals surface area contributed by atoms with Crippen LogP contribution in [0, 0.1) is 0 Å². The molecule has 0 saturated heterocycles. The Morgan fingerprint density at radius 1 is 0.950 bits per heavy atom. The van der Waals surface area contributed by atoms with Gasteiger partial charge in [0.15, 0.2) is 0 Å². The van der Waals surface area contributed by atoms with Crippen LogP contribution in [0.1, 0.15) is 5.56 Å². The first-order chi connectivity index (χ1) is 9.16. The summed E-state index contributed by atoms with van der Waals surface area (Å²) < 4.78 is 0. The molecule has 2 rings (SSSR count). The van der Waals surface area contributed by atoms with E-state index in [0.29, 0.717) is 6.54 Å². The molecular formula is C16H19ClN2O. The van der Waals surface area contributed by atoms with E-state index in [0.717, 1.165) is 5.56 Å². The summed E-state index contributed by atoms with van der Waals surface area (Å²) in [4.78, 5) is 12.9. The summed E-state index contributed by atoms with van der Waals surface area (Å²) in [6, 6.07) is 18.4. The molecule has 3 nitrogen and oxygen atoms in total. The molecule has 0 aromatic heterocycles. The number of hydrogen-bond donors (Lipinski definition) is 1. The molecule has 1 N–H and O–H groups in total. The Morgan fingerprint density at radius 2 is 1.50 bits per heavy atom. The van der Waals surface area contributed by atoms with Crippen LogP contribution in [-0.2, 0) is 6.54 Å². The molecule has 0 aliphatic heterocycles. The summed E-state index contributed by atoms with van der Waals surface area (Å²) in [5.74, 6) is 0. The number of nitrogens with one attached hydrogen (secondary N) is 1. The van der Waals surface area contributed by atoms with Gasteiger partial charge in [-0.15, -0.1) is 12.4 Å². The monoisotopic (exact) mass is 290 g/mol. The smallest absolute Gasteiger partial charge is 0.317 e. The third-order valence-electron chi connectivity index (χ3n) is 2.91. The Kier molecular flexibility index (Phi) is 6.07. The lowest BCUT2D eigenvalue weighted by atomic mass is 10.0.